The normalized spacial score (nSPS) is 20.3. The number of aromatic nitrogens is 2. The van der Waals surface area contributed by atoms with Gasteiger partial charge in [-0.05, 0) is 68.8 Å². The number of nitrogens with zero attached hydrogens (tertiary/aromatic N) is 3. The number of anilines is 1. The number of carbonyl (C=O) groups is 1. The minimum absolute atomic E-state index is 0.0588. The van der Waals surface area contributed by atoms with Crippen LogP contribution in [0.1, 0.15) is 43.2 Å². The minimum atomic E-state index is -0.0588. The molecular formula is C20H26N4O. The van der Waals surface area contributed by atoms with Crippen molar-refractivity contribution in [2.45, 2.75) is 44.6 Å². The monoisotopic (exact) mass is 338 g/mol. The highest BCUT2D eigenvalue weighted by Crippen LogP contribution is 2.30. The highest BCUT2D eigenvalue weighted by molar-refractivity contribution is 5.98. The van der Waals surface area contributed by atoms with Gasteiger partial charge in [-0.1, -0.05) is 18.2 Å². The van der Waals surface area contributed by atoms with Gasteiger partial charge in [0.1, 0.15) is 0 Å². The van der Waals surface area contributed by atoms with Gasteiger partial charge in [0.15, 0.2) is 0 Å². The Morgan fingerprint density at radius 2 is 2.04 bits per heavy atom. The maximum absolute atomic E-state index is 13.1. The highest BCUT2D eigenvalue weighted by Gasteiger charge is 2.32. The number of hydrogen-bond acceptors (Lipinski definition) is 3. The van der Waals surface area contributed by atoms with Gasteiger partial charge in [0.25, 0.3) is 0 Å². The number of benzene rings is 1. The Kier molecular flexibility index (Phi) is 4.57. The summed E-state index contributed by atoms with van der Waals surface area (Å²) in [7, 11) is 0. The summed E-state index contributed by atoms with van der Waals surface area (Å²) >= 11 is 0. The smallest absolute Gasteiger partial charge is 0.244 e. The van der Waals surface area contributed by atoms with Crippen LogP contribution in [-0.2, 0) is 11.2 Å². The third kappa shape index (κ3) is 3.21. The third-order valence-corrected chi connectivity index (χ3v) is 5.80. The minimum Gasteiger partial charge on any atom is -0.311 e. The number of rotatable bonds is 3. The molecule has 1 amide bonds. The lowest BCUT2D eigenvalue weighted by Crippen LogP contribution is -2.50. The standard InChI is InChI=1S/C20H26N4O/c1-15(23-11-8-16(9-12-23)18-13-21-22-14-18)20(25)24-10-4-6-17-5-2-3-7-19(17)24/h2-3,5,7,13-16H,4,6,8-12H2,1H3,(H,21,22)/t15-/m1/s1. The lowest BCUT2D eigenvalue weighted by molar-refractivity contribution is -0.123. The van der Waals surface area contributed by atoms with Crippen molar-refractivity contribution in [3.05, 3.63) is 47.8 Å². The number of hydrogen-bond donors (Lipinski definition) is 1. The van der Waals surface area contributed by atoms with Crippen LogP contribution in [0.2, 0.25) is 0 Å². The van der Waals surface area contributed by atoms with Crippen LogP contribution < -0.4 is 4.90 Å². The third-order valence-electron chi connectivity index (χ3n) is 5.80. The summed E-state index contributed by atoms with van der Waals surface area (Å²) in [6.07, 6.45) is 8.24. The molecule has 1 atom stereocenters. The molecule has 132 valence electrons. The second-order valence-corrected chi connectivity index (χ2v) is 7.24. The van der Waals surface area contributed by atoms with Gasteiger partial charge in [-0.2, -0.15) is 5.10 Å². The fourth-order valence-electron chi connectivity index (χ4n) is 4.25. The number of fused-ring (bicyclic) bond motifs is 1. The average Bonchev–Trinajstić information content (AvgIpc) is 3.21. The molecule has 0 bridgehead atoms. The predicted octanol–water partition coefficient (Wildman–Crippen LogP) is 2.96. The van der Waals surface area contributed by atoms with Gasteiger partial charge in [-0.3, -0.25) is 14.8 Å². The summed E-state index contributed by atoms with van der Waals surface area (Å²) < 4.78 is 0. The first kappa shape index (κ1) is 16.3. The number of aromatic amines is 1. The van der Waals surface area contributed by atoms with Crippen LogP contribution in [0.3, 0.4) is 0 Å². The van der Waals surface area contributed by atoms with Gasteiger partial charge in [-0.25, -0.2) is 0 Å². The topological polar surface area (TPSA) is 52.2 Å². The molecule has 0 unspecified atom stereocenters. The van der Waals surface area contributed by atoms with Crippen LogP contribution in [0, 0.1) is 0 Å². The number of piperidine rings is 1. The number of H-pyrrole nitrogens is 1. The second-order valence-electron chi connectivity index (χ2n) is 7.24. The van der Waals surface area contributed by atoms with Gasteiger partial charge < -0.3 is 4.90 Å². The fourth-order valence-corrected chi connectivity index (χ4v) is 4.25. The van der Waals surface area contributed by atoms with Crippen molar-refractivity contribution in [1.82, 2.24) is 15.1 Å². The van der Waals surface area contributed by atoms with Crippen LogP contribution in [-0.4, -0.2) is 46.7 Å². The van der Waals surface area contributed by atoms with E-state index in [1.165, 1.54) is 11.1 Å². The van der Waals surface area contributed by atoms with Crippen molar-refractivity contribution in [1.29, 1.82) is 0 Å². The van der Waals surface area contributed by atoms with Crippen LogP contribution in [0.15, 0.2) is 36.7 Å². The van der Waals surface area contributed by atoms with Gasteiger partial charge in [0.05, 0.1) is 12.2 Å². The molecule has 25 heavy (non-hydrogen) atoms. The highest BCUT2D eigenvalue weighted by atomic mass is 16.2. The van der Waals surface area contributed by atoms with E-state index in [1.54, 1.807) is 0 Å². The van der Waals surface area contributed by atoms with Gasteiger partial charge in [0.2, 0.25) is 5.91 Å². The Morgan fingerprint density at radius 3 is 2.80 bits per heavy atom. The summed E-state index contributed by atoms with van der Waals surface area (Å²) in [5.41, 5.74) is 3.70. The summed E-state index contributed by atoms with van der Waals surface area (Å²) in [6.45, 7) is 4.85. The van der Waals surface area contributed by atoms with Crippen LogP contribution in [0.25, 0.3) is 0 Å². The maximum Gasteiger partial charge on any atom is 0.244 e. The van der Waals surface area contributed by atoms with Crippen molar-refractivity contribution in [3.8, 4) is 0 Å². The first-order valence-electron chi connectivity index (χ1n) is 9.36. The lowest BCUT2D eigenvalue weighted by Gasteiger charge is -2.38. The van der Waals surface area contributed by atoms with Crippen molar-refractivity contribution in [2.75, 3.05) is 24.5 Å². The molecule has 2 aliphatic rings. The fraction of sp³-hybridized carbons (Fsp3) is 0.500. The molecule has 1 saturated heterocycles. The van der Waals surface area contributed by atoms with Gasteiger partial charge in [0, 0.05) is 18.4 Å². The molecule has 1 N–H and O–H groups in total. The molecule has 5 heteroatoms. The Labute approximate surface area is 149 Å². The van der Waals surface area contributed by atoms with E-state index < -0.39 is 0 Å². The molecule has 1 aromatic carbocycles. The molecule has 0 aliphatic carbocycles. The zero-order valence-corrected chi connectivity index (χ0v) is 14.8. The number of aryl methyl sites for hydroxylation is 1. The van der Waals surface area contributed by atoms with Crippen molar-refractivity contribution in [3.63, 3.8) is 0 Å². The number of carbonyl (C=O) groups excluding carboxylic acids is 1. The number of para-hydroxylation sites is 1. The summed E-state index contributed by atoms with van der Waals surface area (Å²) in [5.74, 6) is 0.807. The second kappa shape index (κ2) is 7.00. The molecule has 1 fully saturated rings. The summed E-state index contributed by atoms with van der Waals surface area (Å²) in [6, 6.07) is 8.28. The average molecular weight is 338 g/mol. The Bertz CT molecular complexity index is 719. The molecule has 0 spiro atoms. The van der Waals surface area contributed by atoms with Crippen molar-refractivity contribution < 1.29 is 4.79 Å². The molecule has 4 rings (SSSR count). The van der Waals surface area contributed by atoms with Gasteiger partial charge in [-0.15, -0.1) is 0 Å². The molecule has 1 aromatic heterocycles. The quantitative estimate of drug-likeness (QED) is 0.936. The lowest BCUT2D eigenvalue weighted by atomic mass is 9.91. The van der Waals surface area contributed by atoms with E-state index in [4.69, 9.17) is 0 Å². The maximum atomic E-state index is 13.1. The number of amides is 1. The molecule has 5 nitrogen and oxygen atoms in total. The first-order chi connectivity index (χ1) is 12.2. The molecular weight excluding hydrogens is 312 g/mol. The van der Waals surface area contributed by atoms with E-state index in [0.717, 1.165) is 51.0 Å². The van der Waals surface area contributed by atoms with E-state index in [9.17, 15) is 4.79 Å². The predicted molar refractivity (Wildman–Crippen MR) is 98.7 cm³/mol. The molecule has 0 saturated carbocycles. The van der Waals surface area contributed by atoms with Crippen LogP contribution >= 0.6 is 0 Å². The zero-order chi connectivity index (χ0) is 17.2. The zero-order valence-electron chi connectivity index (χ0n) is 14.8. The molecule has 2 aromatic rings. The van der Waals surface area contributed by atoms with E-state index in [2.05, 4.69) is 40.2 Å². The van der Waals surface area contributed by atoms with E-state index >= 15 is 0 Å². The Morgan fingerprint density at radius 1 is 1.24 bits per heavy atom. The molecule has 3 heterocycles. The van der Waals surface area contributed by atoms with Crippen LogP contribution in [0.5, 0.6) is 0 Å². The van der Waals surface area contributed by atoms with Crippen molar-refractivity contribution in [2.24, 2.45) is 0 Å². The van der Waals surface area contributed by atoms with E-state index in [1.807, 2.05) is 23.4 Å². The van der Waals surface area contributed by atoms with E-state index in [-0.39, 0.29) is 11.9 Å². The first-order valence-corrected chi connectivity index (χ1v) is 9.36. The van der Waals surface area contributed by atoms with Crippen LogP contribution in [0.4, 0.5) is 5.69 Å². The van der Waals surface area contributed by atoms with E-state index in [0.29, 0.717) is 5.92 Å². The SMILES string of the molecule is C[C@H](C(=O)N1CCCc2ccccc21)N1CCC(c2cn[nH]c2)CC1. The number of likely N-dealkylation sites (tertiary alicyclic amines) is 1. The molecule has 2 aliphatic heterocycles. The summed E-state index contributed by atoms with van der Waals surface area (Å²) in [4.78, 5) is 17.5. The molecule has 0 radical (unpaired) electrons. The Hall–Kier alpha value is -2.14. The largest absolute Gasteiger partial charge is 0.311 e. The van der Waals surface area contributed by atoms with Crippen molar-refractivity contribution >= 4 is 11.6 Å². The number of nitrogens with one attached hydrogen (secondary N) is 1. The van der Waals surface area contributed by atoms with Gasteiger partial charge >= 0.3 is 0 Å². The summed E-state index contributed by atoms with van der Waals surface area (Å²) in [5, 5.41) is 6.97. The Balaban J connectivity index is 1.42.